The summed E-state index contributed by atoms with van der Waals surface area (Å²) in [5.41, 5.74) is 11.3. The van der Waals surface area contributed by atoms with Gasteiger partial charge < -0.3 is 11.5 Å². The second-order valence-electron chi connectivity index (χ2n) is 3.13. The quantitative estimate of drug-likeness (QED) is 0.442. The van der Waals surface area contributed by atoms with Gasteiger partial charge in [0.15, 0.2) is 9.33 Å². The Morgan fingerprint density at radius 1 is 0.923 bits per heavy atom. The molecule has 0 radical (unpaired) electrons. The van der Waals surface area contributed by atoms with Crippen LogP contribution in [0.25, 0.3) is 0 Å². The number of hydrogen-bond acceptors (Lipinski definition) is 2. The van der Waals surface area contributed by atoms with Gasteiger partial charge in [0, 0.05) is 21.1 Å². The molecule has 82 valence electrons. The molecule has 7 heteroatoms. The SMILES string of the molecule is N[C@]1(Cl)C(Cl)(Cl)CCC[C@@]1(N)Cl.[Pt]. The minimum absolute atomic E-state index is 0. The fourth-order valence-corrected chi connectivity index (χ4v) is 2.42. The molecule has 0 aliphatic heterocycles. The Balaban J connectivity index is 0.00000144. The van der Waals surface area contributed by atoms with E-state index >= 15 is 0 Å². The maximum absolute atomic E-state index is 5.91. The molecule has 0 amide bonds. The summed E-state index contributed by atoms with van der Waals surface area (Å²) in [5.74, 6) is 0. The average Bonchev–Trinajstić information content (AvgIpc) is 1.83. The van der Waals surface area contributed by atoms with E-state index in [9.17, 15) is 0 Å². The number of alkyl halides is 4. The van der Waals surface area contributed by atoms with E-state index < -0.39 is 14.3 Å². The first-order valence-corrected chi connectivity index (χ1v) is 5.05. The summed E-state index contributed by atoms with van der Waals surface area (Å²) in [4.78, 5) is -2.72. The van der Waals surface area contributed by atoms with Crippen LogP contribution < -0.4 is 11.5 Å². The van der Waals surface area contributed by atoms with Gasteiger partial charge in [0.05, 0.1) is 0 Å². The van der Waals surface area contributed by atoms with Crippen molar-refractivity contribution >= 4 is 46.4 Å². The van der Waals surface area contributed by atoms with Crippen molar-refractivity contribution in [2.75, 3.05) is 0 Å². The maximum atomic E-state index is 5.91. The third-order valence-corrected chi connectivity index (χ3v) is 4.58. The molecular formula is C6H10Cl4N2Pt. The van der Waals surface area contributed by atoms with Crippen LogP contribution in [-0.2, 0) is 21.1 Å². The van der Waals surface area contributed by atoms with Gasteiger partial charge in [-0.3, -0.25) is 0 Å². The van der Waals surface area contributed by atoms with Crippen LogP contribution in [0.5, 0.6) is 0 Å². The van der Waals surface area contributed by atoms with E-state index in [0.29, 0.717) is 12.8 Å². The number of halogens is 4. The van der Waals surface area contributed by atoms with E-state index in [0.717, 1.165) is 6.42 Å². The normalized spacial score (nSPS) is 43.8. The molecule has 2 atom stereocenters. The third-order valence-electron chi connectivity index (χ3n) is 2.17. The Morgan fingerprint density at radius 2 is 1.38 bits per heavy atom. The minimum Gasteiger partial charge on any atom is -0.310 e. The van der Waals surface area contributed by atoms with E-state index in [4.69, 9.17) is 57.9 Å². The molecule has 1 rings (SSSR count). The van der Waals surface area contributed by atoms with Crippen LogP contribution in [0.15, 0.2) is 0 Å². The first kappa shape index (κ1) is 14.8. The smallest absolute Gasteiger partial charge is 0.156 e. The maximum Gasteiger partial charge on any atom is 0.156 e. The molecule has 0 unspecified atom stereocenters. The molecule has 0 aromatic rings. The summed E-state index contributed by atoms with van der Waals surface area (Å²) in [7, 11) is 0. The number of rotatable bonds is 0. The van der Waals surface area contributed by atoms with Gasteiger partial charge in [-0.15, -0.1) is 0 Å². The van der Waals surface area contributed by atoms with Crippen LogP contribution in [0, 0.1) is 0 Å². The van der Waals surface area contributed by atoms with Crippen molar-refractivity contribution in [3.05, 3.63) is 0 Å². The first-order chi connectivity index (χ1) is 5.21. The summed E-state index contributed by atoms with van der Waals surface area (Å²) in [6.07, 6.45) is 1.73. The van der Waals surface area contributed by atoms with Gasteiger partial charge in [0.25, 0.3) is 0 Å². The summed E-state index contributed by atoms with van der Waals surface area (Å²) in [5, 5.41) is 0. The van der Waals surface area contributed by atoms with Gasteiger partial charge >= 0.3 is 0 Å². The van der Waals surface area contributed by atoms with E-state index in [1.54, 1.807) is 0 Å². The Morgan fingerprint density at radius 3 is 1.69 bits per heavy atom. The molecular weight excluding hydrogens is 437 g/mol. The van der Waals surface area contributed by atoms with Gasteiger partial charge in [0.2, 0.25) is 0 Å². The Bertz CT molecular complexity index is 177. The molecule has 2 nitrogen and oxygen atoms in total. The monoisotopic (exact) mass is 445 g/mol. The van der Waals surface area contributed by atoms with Crippen molar-refractivity contribution in [2.45, 2.75) is 33.6 Å². The number of nitrogens with two attached hydrogens (primary N) is 2. The van der Waals surface area contributed by atoms with Crippen molar-refractivity contribution in [1.29, 1.82) is 0 Å². The second kappa shape index (κ2) is 4.33. The van der Waals surface area contributed by atoms with Crippen LogP contribution in [0.4, 0.5) is 0 Å². The third kappa shape index (κ3) is 2.47. The Kier molecular flexibility index (Phi) is 4.92. The van der Waals surface area contributed by atoms with E-state index in [2.05, 4.69) is 0 Å². The van der Waals surface area contributed by atoms with Gasteiger partial charge in [-0.2, -0.15) is 0 Å². The Labute approximate surface area is 112 Å². The van der Waals surface area contributed by atoms with Crippen molar-refractivity contribution in [1.82, 2.24) is 0 Å². The first-order valence-electron chi connectivity index (χ1n) is 3.54. The standard InChI is InChI=1S/C6H10Cl4N2.Pt/c7-4(8)2-1-3-5(9,11)6(4,10)12;/h1-3,11-12H2;/t5-,6+;/m0./s1. The van der Waals surface area contributed by atoms with E-state index in [1.165, 1.54) is 0 Å². The van der Waals surface area contributed by atoms with Crippen LogP contribution in [-0.4, -0.2) is 14.3 Å². The van der Waals surface area contributed by atoms with Crippen LogP contribution in [0.1, 0.15) is 19.3 Å². The molecule has 0 saturated heterocycles. The molecule has 1 aliphatic carbocycles. The fourth-order valence-electron chi connectivity index (χ4n) is 1.24. The molecule has 0 bridgehead atoms. The summed E-state index contributed by atoms with van der Waals surface area (Å²) >= 11 is 23.6. The largest absolute Gasteiger partial charge is 0.310 e. The molecule has 1 saturated carbocycles. The number of hydrogen-bond donors (Lipinski definition) is 2. The summed E-state index contributed by atoms with van der Waals surface area (Å²) in [6.45, 7) is 0. The molecule has 0 aromatic heterocycles. The zero-order valence-corrected chi connectivity index (χ0v) is 11.9. The summed E-state index contributed by atoms with van der Waals surface area (Å²) in [6, 6.07) is 0. The zero-order chi connectivity index (χ0) is 9.62. The van der Waals surface area contributed by atoms with Crippen LogP contribution >= 0.6 is 46.4 Å². The van der Waals surface area contributed by atoms with Gasteiger partial charge in [-0.05, 0) is 19.3 Å². The van der Waals surface area contributed by atoms with E-state index in [-0.39, 0.29) is 21.1 Å². The molecule has 1 aliphatic rings. The molecule has 4 N–H and O–H groups in total. The topological polar surface area (TPSA) is 52.0 Å². The van der Waals surface area contributed by atoms with Crippen molar-refractivity contribution in [3.8, 4) is 0 Å². The minimum atomic E-state index is -1.48. The molecule has 0 aromatic carbocycles. The Hall–Kier alpha value is 1.77. The van der Waals surface area contributed by atoms with E-state index in [1.807, 2.05) is 0 Å². The fraction of sp³-hybridized carbons (Fsp3) is 1.00. The predicted molar refractivity (Wildman–Crippen MR) is 53.8 cm³/mol. The molecule has 0 heterocycles. The van der Waals surface area contributed by atoms with Gasteiger partial charge in [0.1, 0.15) is 5.00 Å². The van der Waals surface area contributed by atoms with Crippen LogP contribution in [0.2, 0.25) is 0 Å². The summed E-state index contributed by atoms with van der Waals surface area (Å²) < 4.78 is -1.26. The molecule has 0 spiro atoms. The average molecular weight is 447 g/mol. The zero-order valence-electron chi connectivity index (χ0n) is 6.60. The van der Waals surface area contributed by atoms with Crippen molar-refractivity contribution < 1.29 is 21.1 Å². The van der Waals surface area contributed by atoms with Gasteiger partial charge in [-0.25, -0.2) is 0 Å². The van der Waals surface area contributed by atoms with Crippen LogP contribution in [0.3, 0.4) is 0 Å². The van der Waals surface area contributed by atoms with Gasteiger partial charge in [-0.1, -0.05) is 46.4 Å². The second-order valence-corrected chi connectivity index (χ2v) is 5.89. The van der Waals surface area contributed by atoms with Crippen molar-refractivity contribution in [3.63, 3.8) is 0 Å². The molecule has 1 fully saturated rings. The predicted octanol–water partition coefficient (Wildman–Crippen LogP) is 2.13. The molecule has 13 heavy (non-hydrogen) atoms. The van der Waals surface area contributed by atoms with Crippen molar-refractivity contribution in [2.24, 2.45) is 11.5 Å².